The van der Waals surface area contributed by atoms with Crippen LogP contribution in [0.15, 0.2) is 41.5 Å². The molecule has 3 saturated heterocycles. The Morgan fingerprint density at radius 2 is 1.52 bits per heavy atom. The van der Waals surface area contributed by atoms with E-state index in [0.717, 1.165) is 100 Å². The molecular formula is C38H56N6. The van der Waals surface area contributed by atoms with Crippen molar-refractivity contribution < 1.29 is 0 Å². The maximum absolute atomic E-state index is 5.15. The van der Waals surface area contributed by atoms with Crippen molar-refractivity contribution in [1.82, 2.24) is 14.9 Å². The van der Waals surface area contributed by atoms with Crippen molar-refractivity contribution in [3.8, 4) is 0 Å². The Balaban J connectivity index is 0.922. The molecule has 4 aliphatic carbocycles. The summed E-state index contributed by atoms with van der Waals surface area (Å²) < 4.78 is 0. The summed E-state index contributed by atoms with van der Waals surface area (Å²) in [7, 11) is 0. The minimum absolute atomic E-state index is 0.206. The van der Waals surface area contributed by atoms with Gasteiger partial charge in [-0.05, 0) is 107 Å². The van der Waals surface area contributed by atoms with Crippen molar-refractivity contribution in [3.05, 3.63) is 41.5 Å². The fourth-order valence-corrected chi connectivity index (χ4v) is 11.0. The number of aromatic nitrogens is 2. The van der Waals surface area contributed by atoms with Crippen molar-refractivity contribution in [2.75, 3.05) is 73.6 Å². The average molecular weight is 597 g/mol. The summed E-state index contributed by atoms with van der Waals surface area (Å²) in [6.07, 6.45) is 23.2. The molecule has 0 radical (unpaired) electrons. The van der Waals surface area contributed by atoms with E-state index in [-0.39, 0.29) is 5.41 Å². The largest absolute Gasteiger partial charge is 0.356 e. The van der Waals surface area contributed by atoms with E-state index >= 15 is 0 Å². The van der Waals surface area contributed by atoms with Gasteiger partial charge in [-0.1, -0.05) is 49.3 Å². The molecule has 0 N–H and O–H groups in total. The van der Waals surface area contributed by atoms with Crippen LogP contribution in [0.2, 0.25) is 0 Å². The van der Waals surface area contributed by atoms with E-state index < -0.39 is 0 Å². The Morgan fingerprint density at radius 1 is 0.841 bits per heavy atom. The van der Waals surface area contributed by atoms with Crippen LogP contribution in [-0.2, 0) is 0 Å². The summed E-state index contributed by atoms with van der Waals surface area (Å²) in [5.74, 6) is 6.59. The molecule has 8 rings (SSSR count). The monoisotopic (exact) mass is 596 g/mol. The summed E-state index contributed by atoms with van der Waals surface area (Å²) >= 11 is 0. The lowest BCUT2D eigenvalue weighted by atomic mass is 9.52. The zero-order chi connectivity index (χ0) is 29.9. The quantitative estimate of drug-likeness (QED) is 0.326. The highest BCUT2D eigenvalue weighted by atomic mass is 15.3. The smallest absolute Gasteiger partial charge is 0.229 e. The van der Waals surface area contributed by atoms with Gasteiger partial charge in [-0.25, -0.2) is 0 Å². The maximum Gasteiger partial charge on any atom is 0.229 e. The molecule has 1 aromatic rings. The molecular weight excluding hydrogens is 540 g/mol. The lowest BCUT2D eigenvalue weighted by molar-refractivity contribution is 0.0753. The molecule has 7 aliphatic rings. The van der Waals surface area contributed by atoms with Gasteiger partial charge in [0, 0.05) is 63.8 Å². The molecule has 6 heteroatoms. The van der Waals surface area contributed by atoms with E-state index in [1.54, 1.807) is 11.1 Å². The number of nitrogens with zero attached hydrogens (tertiary/aromatic N) is 6. The van der Waals surface area contributed by atoms with Crippen molar-refractivity contribution in [3.63, 3.8) is 0 Å². The van der Waals surface area contributed by atoms with E-state index in [2.05, 4.69) is 70.7 Å². The maximum atomic E-state index is 5.15. The molecule has 4 heterocycles. The van der Waals surface area contributed by atoms with Crippen LogP contribution in [0.25, 0.3) is 0 Å². The van der Waals surface area contributed by atoms with E-state index in [0.29, 0.717) is 5.41 Å². The normalized spacial score (nSPS) is 37.1. The molecule has 2 saturated carbocycles. The Labute approximate surface area is 266 Å². The van der Waals surface area contributed by atoms with Gasteiger partial charge in [0.1, 0.15) is 11.6 Å². The number of fused-ring (bicyclic) bond motifs is 5. The van der Waals surface area contributed by atoms with Crippen LogP contribution < -0.4 is 14.7 Å². The topological polar surface area (TPSA) is 38.7 Å². The summed E-state index contributed by atoms with van der Waals surface area (Å²) in [4.78, 5) is 20.4. The molecule has 0 amide bonds. The second-order valence-corrected chi connectivity index (χ2v) is 15.9. The van der Waals surface area contributed by atoms with Gasteiger partial charge in [0.05, 0.1) is 0 Å². The van der Waals surface area contributed by atoms with E-state index in [1.165, 1.54) is 64.3 Å². The van der Waals surface area contributed by atoms with E-state index in [1.807, 2.05) is 0 Å². The highest BCUT2D eigenvalue weighted by molar-refractivity contribution is 5.56. The standard InChI is InChI=1S/C38H56N6/c1-28-26-33-30-12-11-29-10-4-5-15-37(29,2)32(30)13-16-38(33,3)31(28)14-21-41-22-24-43(25-23-41)35-27-34(42-17-6-7-18-42)39-36(40-35)44-19-8-9-20-44/h5,10,13,15,27-28,30-31,33H,4,6-9,11-12,14,16-26H2,1-3H3/t28-,30-,31+,33+,37+,38-/m1/s1. The molecule has 0 unspecified atom stereocenters. The zero-order valence-electron chi connectivity index (χ0n) is 27.8. The predicted molar refractivity (Wildman–Crippen MR) is 182 cm³/mol. The van der Waals surface area contributed by atoms with Crippen LogP contribution in [0.5, 0.6) is 0 Å². The molecule has 6 atom stereocenters. The number of rotatable bonds is 6. The van der Waals surface area contributed by atoms with Gasteiger partial charge in [-0.3, -0.25) is 4.90 Å². The fraction of sp³-hybridized carbons (Fsp3) is 0.737. The van der Waals surface area contributed by atoms with Crippen LogP contribution in [0.3, 0.4) is 0 Å². The molecule has 0 aromatic carbocycles. The first-order valence-corrected chi connectivity index (χ1v) is 18.4. The number of anilines is 3. The molecule has 1 aromatic heterocycles. The SMILES string of the molecule is C[C@@H]1C[C@H]2[C@@H]3CCC4=CCC=C[C@]4(C)C3=CC[C@]2(C)[C@H]1CCN1CCN(c2cc(N3CCCC3)nc(N3CCCC3)n2)CC1. The first kappa shape index (κ1) is 29.1. The Kier molecular flexibility index (Phi) is 7.58. The highest BCUT2D eigenvalue weighted by Crippen LogP contribution is 2.65. The number of allylic oxidation sites excluding steroid dienone is 6. The summed E-state index contributed by atoms with van der Waals surface area (Å²) in [5, 5.41) is 0. The predicted octanol–water partition coefficient (Wildman–Crippen LogP) is 7.10. The second kappa shape index (κ2) is 11.5. The summed E-state index contributed by atoms with van der Waals surface area (Å²) in [5.41, 5.74) is 4.15. The van der Waals surface area contributed by atoms with Gasteiger partial charge in [-0.15, -0.1) is 0 Å². The third-order valence-electron chi connectivity index (χ3n) is 13.6. The second-order valence-electron chi connectivity index (χ2n) is 15.9. The minimum atomic E-state index is 0.206. The van der Waals surface area contributed by atoms with E-state index in [4.69, 9.17) is 9.97 Å². The minimum Gasteiger partial charge on any atom is -0.356 e. The molecule has 3 aliphatic heterocycles. The third kappa shape index (κ3) is 4.93. The Morgan fingerprint density at radius 3 is 2.25 bits per heavy atom. The first-order chi connectivity index (χ1) is 21.4. The van der Waals surface area contributed by atoms with Crippen molar-refractivity contribution in [1.29, 1.82) is 0 Å². The Hall–Kier alpha value is -2.34. The van der Waals surface area contributed by atoms with Gasteiger partial charge in [0.15, 0.2) is 0 Å². The number of hydrogen-bond acceptors (Lipinski definition) is 6. The average Bonchev–Trinajstić information content (AvgIpc) is 3.82. The van der Waals surface area contributed by atoms with E-state index in [9.17, 15) is 0 Å². The van der Waals surface area contributed by atoms with Gasteiger partial charge in [0.25, 0.3) is 0 Å². The van der Waals surface area contributed by atoms with Crippen molar-refractivity contribution in [2.45, 2.75) is 85.0 Å². The lowest BCUT2D eigenvalue weighted by Crippen LogP contribution is -2.48. The van der Waals surface area contributed by atoms with Crippen LogP contribution in [-0.4, -0.2) is 73.8 Å². The highest BCUT2D eigenvalue weighted by Gasteiger charge is 2.57. The molecule has 0 spiro atoms. The Bertz CT molecular complexity index is 1280. The van der Waals surface area contributed by atoms with Crippen LogP contribution in [0.1, 0.15) is 85.0 Å². The molecule has 5 fully saturated rings. The van der Waals surface area contributed by atoms with Crippen LogP contribution in [0.4, 0.5) is 17.6 Å². The number of piperazine rings is 1. The van der Waals surface area contributed by atoms with Gasteiger partial charge in [-0.2, -0.15) is 9.97 Å². The van der Waals surface area contributed by atoms with Crippen molar-refractivity contribution >= 4 is 17.6 Å². The van der Waals surface area contributed by atoms with Gasteiger partial charge < -0.3 is 14.7 Å². The molecule has 238 valence electrons. The zero-order valence-corrected chi connectivity index (χ0v) is 27.8. The van der Waals surface area contributed by atoms with Crippen LogP contribution >= 0.6 is 0 Å². The molecule has 44 heavy (non-hydrogen) atoms. The molecule has 0 bridgehead atoms. The summed E-state index contributed by atoms with van der Waals surface area (Å²) in [6, 6.07) is 2.29. The third-order valence-corrected chi connectivity index (χ3v) is 13.6. The lowest BCUT2D eigenvalue weighted by Gasteiger charge is -2.52. The van der Waals surface area contributed by atoms with Gasteiger partial charge >= 0.3 is 0 Å². The first-order valence-electron chi connectivity index (χ1n) is 18.4. The molecule has 6 nitrogen and oxygen atoms in total. The van der Waals surface area contributed by atoms with Crippen molar-refractivity contribution in [2.24, 2.45) is 34.5 Å². The number of hydrogen-bond donors (Lipinski definition) is 0. The fourth-order valence-electron chi connectivity index (χ4n) is 11.0. The summed E-state index contributed by atoms with van der Waals surface area (Å²) in [6.45, 7) is 18.0. The van der Waals surface area contributed by atoms with Crippen LogP contribution in [0, 0.1) is 34.5 Å². The van der Waals surface area contributed by atoms with Gasteiger partial charge in [0.2, 0.25) is 5.95 Å².